The van der Waals surface area contributed by atoms with Crippen molar-refractivity contribution in [2.75, 3.05) is 10.6 Å². The highest BCUT2D eigenvalue weighted by molar-refractivity contribution is 6.05. The van der Waals surface area contributed by atoms with Gasteiger partial charge in [-0.2, -0.15) is 0 Å². The fourth-order valence-electron chi connectivity index (χ4n) is 7.91. The summed E-state index contributed by atoms with van der Waals surface area (Å²) >= 11 is 0. The van der Waals surface area contributed by atoms with Crippen LogP contribution < -0.4 is 10.6 Å². The SMILES string of the molecule is O=C(Nc1ccc(C2(c3ccc(NC(=O)c4ccc(O)c(C#Cc5ccccc5)c4)cc3)c3ccccc3-c3ccccc32)cc1)c1ccc(O)c(C#Cc2ccccc2)c1. The van der Waals surface area contributed by atoms with Gasteiger partial charge in [-0.3, -0.25) is 9.59 Å². The molecule has 0 radical (unpaired) electrons. The maximum atomic E-state index is 13.5. The van der Waals surface area contributed by atoms with Gasteiger partial charge in [-0.25, -0.2) is 0 Å². The molecule has 6 heteroatoms. The smallest absolute Gasteiger partial charge is 0.255 e. The van der Waals surface area contributed by atoms with Crippen molar-refractivity contribution >= 4 is 23.2 Å². The molecule has 0 atom stereocenters. The second kappa shape index (κ2) is 16.3. The number of carbonyl (C=O) groups excluding carboxylic acids is 2. The van der Waals surface area contributed by atoms with E-state index in [1.54, 1.807) is 24.3 Å². The first-order valence-corrected chi connectivity index (χ1v) is 19.7. The molecule has 0 aliphatic heterocycles. The molecular weight excluding hydrogens is 753 g/mol. The minimum absolute atomic E-state index is 0.00132. The molecule has 61 heavy (non-hydrogen) atoms. The quantitative estimate of drug-likeness (QED) is 0.126. The third-order valence-electron chi connectivity index (χ3n) is 10.9. The number of hydrogen-bond acceptors (Lipinski definition) is 4. The Hall–Kier alpha value is -8.58. The van der Waals surface area contributed by atoms with Gasteiger partial charge >= 0.3 is 0 Å². The molecule has 2 amide bonds. The van der Waals surface area contributed by atoms with Crippen LogP contribution in [0.15, 0.2) is 194 Å². The summed E-state index contributed by atoms with van der Waals surface area (Å²) < 4.78 is 0. The van der Waals surface area contributed by atoms with Gasteiger partial charge in [-0.15, -0.1) is 0 Å². The zero-order valence-corrected chi connectivity index (χ0v) is 32.7. The van der Waals surface area contributed by atoms with E-state index in [0.29, 0.717) is 33.6 Å². The Balaban J connectivity index is 1.01. The Labute approximate surface area is 353 Å². The molecule has 0 heterocycles. The van der Waals surface area contributed by atoms with Gasteiger partial charge in [0.05, 0.1) is 16.5 Å². The molecule has 0 saturated heterocycles. The Morgan fingerprint density at radius 2 is 0.787 bits per heavy atom. The van der Waals surface area contributed by atoms with Crippen molar-refractivity contribution in [1.29, 1.82) is 0 Å². The van der Waals surface area contributed by atoms with Crippen molar-refractivity contribution in [3.63, 3.8) is 0 Å². The number of nitrogens with one attached hydrogen (secondary N) is 2. The van der Waals surface area contributed by atoms with E-state index >= 15 is 0 Å². The Bertz CT molecular complexity index is 2870. The van der Waals surface area contributed by atoms with E-state index < -0.39 is 5.41 Å². The van der Waals surface area contributed by atoms with Crippen LogP contribution in [0.25, 0.3) is 11.1 Å². The third-order valence-corrected chi connectivity index (χ3v) is 10.9. The molecule has 1 aliphatic rings. The van der Waals surface area contributed by atoms with Crippen LogP contribution in [0.1, 0.15) is 65.2 Å². The number of carbonyl (C=O) groups is 2. The lowest BCUT2D eigenvalue weighted by molar-refractivity contribution is 0.101. The first-order valence-electron chi connectivity index (χ1n) is 19.7. The summed E-state index contributed by atoms with van der Waals surface area (Å²) in [5.41, 5.74) is 10.0. The van der Waals surface area contributed by atoms with Crippen molar-refractivity contribution in [3.8, 4) is 46.3 Å². The summed E-state index contributed by atoms with van der Waals surface area (Å²) in [6, 6.07) is 60.8. The number of benzene rings is 8. The molecule has 0 fully saturated rings. The number of rotatable bonds is 6. The van der Waals surface area contributed by atoms with Crippen LogP contribution in [0.2, 0.25) is 0 Å². The lowest BCUT2D eigenvalue weighted by Gasteiger charge is -2.34. The van der Waals surface area contributed by atoms with Gasteiger partial charge in [0.1, 0.15) is 11.5 Å². The van der Waals surface area contributed by atoms with Gasteiger partial charge in [0.2, 0.25) is 0 Å². The second-order valence-corrected chi connectivity index (χ2v) is 14.6. The summed E-state index contributed by atoms with van der Waals surface area (Å²) in [4.78, 5) is 27.1. The van der Waals surface area contributed by atoms with Gasteiger partial charge in [-0.1, -0.05) is 133 Å². The number of phenols is 2. The summed E-state index contributed by atoms with van der Waals surface area (Å²) in [7, 11) is 0. The highest BCUT2D eigenvalue weighted by Gasteiger charge is 2.45. The van der Waals surface area contributed by atoms with Crippen LogP contribution >= 0.6 is 0 Å². The number of aromatic hydroxyl groups is 2. The third kappa shape index (κ3) is 7.50. The van der Waals surface area contributed by atoms with E-state index in [2.05, 4.69) is 70.7 Å². The van der Waals surface area contributed by atoms with Crippen LogP contribution in [-0.4, -0.2) is 22.0 Å². The molecule has 0 spiro atoms. The van der Waals surface area contributed by atoms with E-state index in [1.165, 1.54) is 12.1 Å². The molecule has 9 rings (SSSR count). The molecule has 8 aromatic carbocycles. The highest BCUT2D eigenvalue weighted by Crippen LogP contribution is 2.56. The number of fused-ring (bicyclic) bond motifs is 3. The van der Waals surface area contributed by atoms with Crippen molar-refractivity contribution < 1.29 is 19.8 Å². The Morgan fingerprint density at radius 1 is 0.410 bits per heavy atom. The molecule has 4 N–H and O–H groups in total. The molecule has 0 unspecified atom stereocenters. The van der Waals surface area contributed by atoms with E-state index in [4.69, 9.17) is 0 Å². The maximum absolute atomic E-state index is 13.5. The number of amides is 2. The molecule has 6 nitrogen and oxygen atoms in total. The fraction of sp³-hybridized carbons (Fsp3) is 0.0182. The predicted molar refractivity (Wildman–Crippen MR) is 241 cm³/mol. The lowest BCUT2D eigenvalue weighted by Crippen LogP contribution is -2.28. The van der Waals surface area contributed by atoms with Crippen LogP contribution in [0.4, 0.5) is 11.4 Å². The van der Waals surface area contributed by atoms with Gasteiger partial charge in [0.15, 0.2) is 0 Å². The first-order chi connectivity index (χ1) is 29.9. The molecule has 290 valence electrons. The van der Waals surface area contributed by atoms with Crippen LogP contribution in [0.5, 0.6) is 11.5 Å². The Kier molecular flexibility index (Phi) is 10.2. The lowest BCUT2D eigenvalue weighted by atomic mass is 9.67. The molecule has 0 bridgehead atoms. The van der Waals surface area contributed by atoms with Crippen molar-refractivity contribution in [1.82, 2.24) is 0 Å². The van der Waals surface area contributed by atoms with Crippen molar-refractivity contribution in [3.05, 3.63) is 250 Å². The molecular formula is C55H36N2O4. The van der Waals surface area contributed by atoms with Crippen LogP contribution in [-0.2, 0) is 5.41 Å². The largest absolute Gasteiger partial charge is 0.507 e. The fourth-order valence-corrected chi connectivity index (χ4v) is 7.91. The van der Waals surface area contributed by atoms with Gasteiger partial charge in [0, 0.05) is 33.6 Å². The zero-order valence-electron chi connectivity index (χ0n) is 32.7. The highest BCUT2D eigenvalue weighted by atomic mass is 16.3. The number of hydrogen-bond donors (Lipinski definition) is 4. The van der Waals surface area contributed by atoms with Gasteiger partial charge in [-0.05, 0) is 118 Å². The van der Waals surface area contributed by atoms with E-state index in [-0.39, 0.29) is 23.3 Å². The topological polar surface area (TPSA) is 98.7 Å². The van der Waals surface area contributed by atoms with Gasteiger partial charge < -0.3 is 20.8 Å². The first kappa shape index (κ1) is 38.0. The minimum Gasteiger partial charge on any atom is -0.507 e. The van der Waals surface area contributed by atoms with E-state index in [1.807, 2.05) is 121 Å². The van der Waals surface area contributed by atoms with Gasteiger partial charge in [0.25, 0.3) is 11.8 Å². The predicted octanol–water partition coefficient (Wildman–Crippen LogP) is 10.8. The summed E-state index contributed by atoms with van der Waals surface area (Å²) in [5, 5.41) is 27.0. The van der Waals surface area contributed by atoms with E-state index in [0.717, 1.165) is 44.5 Å². The minimum atomic E-state index is -0.717. The normalized spacial score (nSPS) is 11.7. The number of phenolic OH excluding ortho intramolecular Hbond substituents is 2. The van der Waals surface area contributed by atoms with Crippen molar-refractivity contribution in [2.24, 2.45) is 0 Å². The molecule has 0 aromatic heterocycles. The van der Waals surface area contributed by atoms with E-state index in [9.17, 15) is 19.8 Å². The molecule has 1 aliphatic carbocycles. The Morgan fingerprint density at radius 3 is 1.20 bits per heavy atom. The molecule has 0 saturated carbocycles. The monoisotopic (exact) mass is 788 g/mol. The van der Waals surface area contributed by atoms with Crippen LogP contribution in [0.3, 0.4) is 0 Å². The second-order valence-electron chi connectivity index (χ2n) is 14.6. The average Bonchev–Trinajstić information content (AvgIpc) is 3.60. The van der Waals surface area contributed by atoms with Crippen LogP contribution in [0, 0.1) is 23.7 Å². The molecule has 8 aromatic rings. The summed E-state index contributed by atoms with van der Waals surface area (Å²) in [6.45, 7) is 0. The van der Waals surface area contributed by atoms with Crippen molar-refractivity contribution in [2.45, 2.75) is 5.41 Å². The summed E-state index contributed by atoms with van der Waals surface area (Å²) in [5.74, 6) is 11.4. The summed E-state index contributed by atoms with van der Waals surface area (Å²) in [6.07, 6.45) is 0. The standard InChI is InChI=1S/C55H36N2O4/c58-51-33-23-41(35-39(51)21-19-37-11-3-1-4-12-37)53(60)56-45-29-25-43(26-30-45)55(49-17-9-7-15-47(49)48-16-8-10-18-50(48)55)44-27-31-46(32-28-44)57-54(61)42-24-34-52(59)40(36-42)22-20-38-13-5-2-6-14-38/h1-18,23-36,58-59H,(H,56,60)(H,57,61). The average molecular weight is 789 g/mol. The maximum Gasteiger partial charge on any atom is 0.255 e. The number of anilines is 2. The zero-order chi connectivity index (χ0) is 41.8.